The van der Waals surface area contributed by atoms with Crippen molar-refractivity contribution in [1.82, 2.24) is 18.8 Å². The van der Waals surface area contributed by atoms with Crippen molar-refractivity contribution in [3.8, 4) is 0 Å². The standard InChI is InChI=1S/C27H12N4O15S2/c32-20-12-5-14-15(23(35)29(40)22(14)34)6-13(12)21(33)28(20)9-47(42,43)10-2-1-3-11(4-10)48(44,45)46-31-26(38)18-7-16-17(8-19(18)27(31)39)25(37)30(41)24(16)36/h1-8,40-41H,9H2. The maximum absolute atomic E-state index is 13.3. The van der Waals surface area contributed by atoms with Crippen molar-refractivity contribution >= 4 is 63.0 Å². The van der Waals surface area contributed by atoms with E-state index in [4.69, 9.17) is 4.28 Å². The van der Waals surface area contributed by atoms with Crippen LogP contribution in [0.25, 0.3) is 43.1 Å². The van der Waals surface area contributed by atoms with Crippen LogP contribution in [0.1, 0.15) is 0 Å². The molecular formula is C27H12N4O15S2. The SMILES string of the molecule is O=c1c2cc3c(=O)n(CS(=O)(=O)c4cccc(S(=O)(=O)On5c(=O)c6cc7c(=O)n(O)c(=O)c7cc6c5=O)c4)c(=O)c3cc2c(=O)n1O. The smallest absolute Gasteiger partial charge is 0.357 e. The van der Waals surface area contributed by atoms with Crippen LogP contribution in [0.3, 0.4) is 0 Å². The zero-order chi connectivity index (χ0) is 34.8. The molecule has 19 nitrogen and oxygen atoms in total. The minimum absolute atomic E-state index is 0.191. The van der Waals surface area contributed by atoms with Gasteiger partial charge in [0.25, 0.3) is 44.5 Å². The second-order valence-corrected chi connectivity index (χ2v) is 13.9. The lowest BCUT2D eigenvalue weighted by Gasteiger charge is -2.08. The fourth-order valence-electron chi connectivity index (χ4n) is 5.34. The second-order valence-electron chi connectivity index (χ2n) is 10.4. The van der Waals surface area contributed by atoms with E-state index in [0.717, 1.165) is 42.5 Å². The van der Waals surface area contributed by atoms with Crippen LogP contribution in [0, 0.1) is 0 Å². The number of nitrogens with zero attached hydrogens (tertiary/aromatic N) is 4. The molecule has 0 saturated heterocycles. The van der Waals surface area contributed by atoms with Crippen molar-refractivity contribution in [1.29, 1.82) is 0 Å². The van der Waals surface area contributed by atoms with Gasteiger partial charge in [0.2, 0.25) is 0 Å². The summed E-state index contributed by atoms with van der Waals surface area (Å²) in [5, 5.41) is 15.5. The normalized spacial score (nSPS) is 12.6. The Bertz CT molecular complexity index is 2920. The Morgan fingerprint density at radius 3 is 1.27 bits per heavy atom. The maximum atomic E-state index is 13.3. The summed E-state index contributed by atoms with van der Waals surface area (Å²) in [6.07, 6.45) is 0. The van der Waals surface area contributed by atoms with Crippen molar-refractivity contribution in [3.05, 3.63) is 131 Å². The minimum Gasteiger partial charge on any atom is -0.422 e. The molecule has 0 amide bonds. The molecule has 0 spiro atoms. The summed E-state index contributed by atoms with van der Waals surface area (Å²) >= 11 is 0. The van der Waals surface area contributed by atoms with Gasteiger partial charge in [-0.3, -0.25) is 47.2 Å². The van der Waals surface area contributed by atoms with E-state index in [1.54, 1.807) is 0 Å². The highest BCUT2D eigenvalue weighted by Crippen LogP contribution is 2.20. The number of hydrogen-bond acceptors (Lipinski definition) is 15. The van der Waals surface area contributed by atoms with Crippen LogP contribution >= 0.6 is 0 Å². The Balaban J connectivity index is 1.26. The first-order valence-corrected chi connectivity index (χ1v) is 16.0. The first-order chi connectivity index (χ1) is 22.4. The van der Waals surface area contributed by atoms with Crippen molar-refractivity contribution in [2.75, 3.05) is 0 Å². The zero-order valence-electron chi connectivity index (χ0n) is 23.1. The molecule has 3 aromatic carbocycles. The van der Waals surface area contributed by atoms with Crippen LogP contribution in [0.15, 0.2) is 96.7 Å². The summed E-state index contributed by atoms with van der Waals surface area (Å²) in [4.78, 5) is 98.5. The quantitative estimate of drug-likeness (QED) is 0.163. The lowest BCUT2D eigenvalue weighted by atomic mass is 10.1. The van der Waals surface area contributed by atoms with E-state index in [1.165, 1.54) is 0 Å². The van der Waals surface area contributed by atoms with Gasteiger partial charge < -0.3 is 10.4 Å². The van der Waals surface area contributed by atoms with E-state index in [0.29, 0.717) is 6.07 Å². The van der Waals surface area contributed by atoms with Crippen LogP contribution in [0.4, 0.5) is 0 Å². The third-order valence-corrected chi connectivity index (χ3v) is 10.5. The molecular weight excluding hydrogens is 684 g/mol. The first-order valence-electron chi connectivity index (χ1n) is 13.0. The third kappa shape index (κ3) is 3.97. The van der Waals surface area contributed by atoms with Crippen LogP contribution in [-0.4, -0.2) is 46.0 Å². The average molecular weight is 697 g/mol. The van der Waals surface area contributed by atoms with Gasteiger partial charge >= 0.3 is 10.1 Å². The Hall–Kier alpha value is -6.48. The van der Waals surface area contributed by atoms with Gasteiger partial charge in [-0.05, 0) is 42.5 Å². The van der Waals surface area contributed by atoms with Crippen molar-refractivity contribution in [2.45, 2.75) is 15.7 Å². The molecule has 0 aliphatic rings. The van der Waals surface area contributed by atoms with Gasteiger partial charge in [0, 0.05) is 0 Å². The number of hydrogen-bond donors (Lipinski definition) is 2. The molecule has 0 aliphatic carbocycles. The minimum atomic E-state index is -5.16. The monoisotopic (exact) mass is 696 g/mol. The molecule has 48 heavy (non-hydrogen) atoms. The van der Waals surface area contributed by atoms with Crippen LogP contribution < -0.4 is 48.8 Å². The highest BCUT2D eigenvalue weighted by Gasteiger charge is 2.28. The first kappa shape index (κ1) is 30.2. The number of aromatic nitrogens is 4. The van der Waals surface area contributed by atoms with Crippen molar-refractivity contribution in [2.24, 2.45) is 0 Å². The Morgan fingerprint density at radius 1 is 0.500 bits per heavy atom. The summed E-state index contributed by atoms with van der Waals surface area (Å²) in [7, 11) is -9.88. The second kappa shape index (κ2) is 9.52. The fraction of sp³-hybridized carbons (Fsp3) is 0.0370. The lowest BCUT2D eigenvalue weighted by molar-refractivity contribution is 0.170. The summed E-state index contributed by atoms with van der Waals surface area (Å²) in [5.74, 6) is -1.33. The van der Waals surface area contributed by atoms with Gasteiger partial charge in [-0.25, -0.2) is 8.42 Å². The fourth-order valence-corrected chi connectivity index (χ4v) is 7.67. The molecule has 7 aromatic rings. The van der Waals surface area contributed by atoms with Gasteiger partial charge in [-0.1, -0.05) is 10.8 Å². The largest absolute Gasteiger partial charge is 0.422 e. The summed E-state index contributed by atoms with van der Waals surface area (Å²) < 4.78 is 57.2. The van der Waals surface area contributed by atoms with E-state index in [9.17, 15) is 65.6 Å². The Labute approximate surface area is 260 Å². The predicted molar refractivity (Wildman–Crippen MR) is 162 cm³/mol. The van der Waals surface area contributed by atoms with Crippen molar-refractivity contribution < 1.29 is 31.5 Å². The Morgan fingerprint density at radius 2 is 0.854 bits per heavy atom. The Kier molecular flexibility index (Phi) is 5.99. The molecule has 0 saturated carbocycles. The molecule has 0 bridgehead atoms. The highest BCUT2D eigenvalue weighted by molar-refractivity contribution is 7.90. The zero-order valence-corrected chi connectivity index (χ0v) is 24.8. The van der Waals surface area contributed by atoms with Gasteiger partial charge in [0.1, 0.15) is 10.8 Å². The van der Waals surface area contributed by atoms with Crippen LogP contribution in [-0.2, 0) is 25.8 Å². The van der Waals surface area contributed by atoms with E-state index in [1.807, 2.05) is 0 Å². The molecule has 0 unspecified atom stereocenters. The number of rotatable bonds is 6. The van der Waals surface area contributed by atoms with Gasteiger partial charge in [-0.2, -0.15) is 8.42 Å². The molecule has 4 heterocycles. The average Bonchev–Trinajstić information content (AvgIpc) is 3.60. The van der Waals surface area contributed by atoms with E-state index >= 15 is 0 Å². The predicted octanol–water partition coefficient (Wildman–Crippen LogP) is -3.14. The topological polar surface area (TPSA) is 274 Å². The number of benzene rings is 3. The number of fused-ring (bicyclic) bond motifs is 4. The van der Waals surface area contributed by atoms with Gasteiger partial charge in [0.15, 0.2) is 9.84 Å². The van der Waals surface area contributed by atoms with Gasteiger partial charge in [0.05, 0.1) is 48.0 Å². The number of sulfone groups is 1. The molecule has 0 atom stereocenters. The molecule has 242 valence electrons. The highest BCUT2D eigenvalue weighted by atomic mass is 32.2. The van der Waals surface area contributed by atoms with E-state index < -0.39 is 123 Å². The van der Waals surface area contributed by atoms with Crippen LogP contribution in [0.5, 0.6) is 0 Å². The van der Waals surface area contributed by atoms with E-state index in [-0.39, 0.29) is 18.8 Å². The third-order valence-electron chi connectivity index (χ3n) is 7.71. The van der Waals surface area contributed by atoms with Crippen LogP contribution in [0.2, 0.25) is 0 Å². The lowest BCUT2D eigenvalue weighted by Crippen LogP contribution is -2.35. The maximum Gasteiger partial charge on any atom is 0.357 e. The molecule has 21 heteroatoms. The summed E-state index contributed by atoms with van der Waals surface area (Å²) in [5.41, 5.74) is -9.81. The molecule has 4 aromatic heterocycles. The molecule has 7 rings (SSSR count). The van der Waals surface area contributed by atoms with E-state index in [2.05, 4.69) is 0 Å². The molecule has 0 radical (unpaired) electrons. The molecule has 0 aliphatic heterocycles. The molecule has 0 fully saturated rings. The van der Waals surface area contributed by atoms with Gasteiger partial charge in [-0.15, -0.1) is 9.46 Å². The molecule has 2 N–H and O–H groups in total. The summed E-state index contributed by atoms with van der Waals surface area (Å²) in [6, 6.07) is 6.59. The summed E-state index contributed by atoms with van der Waals surface area (Å²) in [6.45, 7) is 0. The van der Waals surface area contributed by atoms with Crippen molar-refractivity contribution in [3.63, 3.8) is 0 Å².